The summed E-state index contributed by atoms with van der Waals surface area (Å²) in [5.74, 6) is 2.81. The van der Waals surface area contributed by atoms with Gasteiger partial charge in [-0.05, 0) is 68.0 Å². The van der Waals surface area contributed by atoms with Gasteiger partial charge in [-0.2, -0.15) is 0 Å². The summed E-state index contributed by atoms with van der Waals surface area (Å²) in [7, 11) is 1.69. The van der Waals surface area contributed by atoms with Crippen molar-refractivity contribution < 1.29 is 4.74 Å². The summed E-state index contributed by atoms with van der Waals surface area (Å²) in [6.45, 7) is 6.60. The fourth-order valence-corrected chi connectivity index (χ4v) is 3.48. The molecule has 0 bridgehead atoms. The number of guanidine groups is 1. The van der Waals surface area contributed by atoms with Gasteiger partial charge in [0, 0.05) is 32.4 Å². The number of nitrogens with one attached hydrogen (secondary N) is 2. The van der Waals surface area contributed by atoms with Gasteiger partial charge in [-0.3, -0.25) is 0 Å². The van der Waals surface area contributed by atoms with E-state index in [0.29, 0.717) is 6.54 Å². The lowest BCUT2D eigenvalue weighted by atomic mass is 10.1. The zero-order valence-corrected chi connectivity index (χ0v) is 20.4. The number of benzene rings is 1. The largest absolute Gasteiger partial charge is 0.497 e. The van der Waals surface area contributed by atoms with Gasteiger partial charge in [0.15, 0.2) is 5.96 Å². The Bertz CT molecular complexity index is 775. The van der Waals surface area contributed by atoms with Crippen LogP contribution in [0.2, 0.25) is 0 Å². The Kier molecular flexibility index (Phi) is 10.8. The van der Waals surface area contributed by atoms with Crippen LogP contribution in [0.4, 0.5) is 5.82 Å². The molecule has 1 aliphatic heterocycles. The molecule has 1 aromatic carbocycles. The number of halogens is 1. The maximum atomic E-state index is 5.21. The van der Waals surface area contributed by atoms with Gasteiger partial charge < -0.3 is 20.3 Å². The van der Waals surface area contributed by atoms with Crippen LogP contribution in [0.5, 0.6) is 5.75 Å². The molecule has 2 aromatic rings. The third kappa shape index (κ3) is 7.66. The molecule has 1 aromatic heterocycles. The molecule has 0 spiro atoms. The Morgan fingerprint density at radius 1 is 1.07 bits per heavy atom. The van der Waals surface area contributed by atoms with Gasteiger partial charge in [0.1, 0.15) is 11.6 Å². The Hall–Kier alpha value is -2.03. The second-order valence-electron chi connectivity index (χ2n) is 7.29. The monoisotopic (exact) mass is 523 g/mol. The first-order valence-electron chi connectivity index (χ1n) is 10.6. The fourth-order valence-electron chi connectivity index (χ4n) is 3.48. The number of hydrogen-bond donors (Lipinski definition) is 2. The number of nitrogens with zero attached hydrogens (tertiary/aromatic N) is 3. The van der Waals surface area contributed by atoms with Crippen LogP contribution < -0.4 is 20.3 Å². The van der Waals surface area contributed by atoms with Crippen LogP contribution >= 0.6 is 24.0 Å². The van der Waals surface area contributed by atoms with Gasteiger partial charge >= 0.3 is 0 Å². The molecule has 0 atom stereocenters. The summed E-state index contributed by atoms with van der Waals surface area (Å²) in [6.07, 6.45) is 6.68. The molecule has 164 valence electrons. The van der Waals surface area contributed by atoms with E-state index in [9.17, 15) is 0 Å². The minimum absolute atomic E-state index is 0. The van der Waals surface area contributed by atoms with E-state index < -0.39 is 0 Å². The molecule has 7 heteroatoms. The van der Waals surface area contributed by atoms with Crippen LogP contribution in [-0.4, -0.2) is 44.2 Å². The first-order chi connectivity index (χ1) is 14.3. The summed E-state index contributed by atoms with van der Waals surface area (Å²) >= 11 is 0. The Morgan fingerprint density at radius 2 is 1.83 bits per heavy atom. The number of aromatic nitrogens is 1. The molecule has 30 heavy (non-hydrogen) atoms. The lowest BCUT2D eigenvalue weighted by Crippen LogP contribution is -2.38. The Balaban J connectivity index is 0.00000320. The van der Waals surface area contributed by atoms with Crippen molar-refractivity contribution in [3.63, 3.8) is 0 Å². The molecule has 2 heterocycles. The van der Waals surface area contributed by atoms with E-state index in [1.54, 1.807) is 7.11 Å². The second-order valence-corrected chi connectivity index (χ2v) is 7.29. The third-order valence-electron chi connectivity index (χ3n) is 5.12. The minimum atomic E-state index is 0. The normalized spacial score (nSPS) is 14.1. The first-order valence-corrected chi connectivity index (χ1v) is 10.6. The summed E-state index contributed by atoms with van der Waals surface area (Å²) in [4.78, 5) is 11.7. The molecule has 3 rings (SSSR count). The van der Waals surface area contributed by atoms with Crippen molar-refractivity contribution in [1.29, 1.82) is 0 Å². The Morgan fingerprint density at radius 3 is 2.53 bits per heavy atom. The van der Waals surface area contributed by atoms with Crippen molar-refractivity contribution in [1.82, 2.24) is 15.6 Å². The summed E-state index contributed by atoms with van der Waals surface area (Å²) in [6, 6.07) is 12.4. The highest BCUT2D eigenvalue weighted by Gasteiger charge is 2.12. The highest BCUT2D eigenvalue weighted by Crippen LogP contribution is 2.18. The molecule has 1 fully saturated rings. The maximum absolute atomic E-state index is 5.21. The van der Waals surface area contributed by atoms with E-state index in [2.05, 4.69) is 51.7 Å². The number of pyridine rings is 1. The highest BCUT2D eigenvalue weighted by atomic mass is 127. The average Bonchev–Trinajstić information content (AvgIpc) is 2.79. The van der Waals surface area contributed by atoms with Crippen molar-refractivity contribution in [2.75, 3.05) is 38.2 Å². The molecule has 2 N–H and O–H groups in total. The number of ether oxygens (including phenoxy) is 1. The number of piperidine rings is 1. The van der Waals surface area contributed by atoms with Gasteiger partial charge in [0.25, 0.3) is 0 Å². The maximum Gasteiger partial charge on any atom is 0.191 e. The van der Waals surface area contributed by atoms with Gasteiger partial charge in [0.2, 0.25) is 0 Å². The van der Waals surface area contributed by atoms with Crippen LogP contribution in [-0.2, 0) is 13.0 Å². The second kappa shape index (κ2) is 13.3. The molecular formula is C23H34IN5O. The van der Waals surface area contributed by atoms with Crippen LogP contribution in [0.25, 0.3) is 0 Å². The zero-order chi connectivity index (χ0) is 20.3. The number of methoxy groups -OCH3 is 1. The smallest absolute Gasteiger partial charge is 0.191 e. The van der Waals surface area contributed by atoms with E-state index in [1.165, 1.54) is 30.4 Å². The molecule has 0 unspecified atom stereocenters. The summed E-state index contributed by atoms with van der Waals surface area (Å²) in [5, 5.41) is 6.76. The number of hydrogen-bond acceptors (Lipinski definition) is 4. The van der Waals surface area contributed by atoms with Crippen molar-refractivity contribution in [2.24, 2.45) is 4.99 Å². The van der Waals surface area contributed by atoms with Gasteiger partial charge in [-0.15, -0.1) is 24.0 Å². The predicted octanol–water partition coefficient (Wildman–Crippen LogP) is 4.00. The highest BCUT2D eigenvalue weighted by molar-refractivity contribution is 14.0. The molecule has 0 saturated carbocycles. The lowest BCUT2D eigenvalue weighted by Gasteiger charge is -2.27. The topological polar surface area (TPSA) is 61.8 Å². The van der Waals surface area contributed by atoms with Gasteiger partial charge in [-0.25, -0.2) is 9.98 Å². The third-order valence-corrected chi connectivity index (χ3v) is 5.12. The quantitative estimate of drug-likeness (QED) is 0.311. The summed E-state index contributed by atoms with van der Waals surface area (Å²) < 4.78 is 5.21. The van der Waals surface area contributed by atoms with Crippen molar-refractivity contribution in [3.8, 4) is 5.75 Å². The van der Waals surface area contributed by atoms with E-state index in [0.717, 1.165) is 50.1 Å². The van der Waals surface area contributed by atoms with Crippen LogP contribution in [0.15, 0.2) is 47.6 Å². The first kappa shape index (κ1) is 24.2. The van der Waals surface area contributed by atoms with Crippen molar-refractivity contribution in [3.05, 3.63) is 53.7 Å². The average molecular weight is 523 g/mol. The fraction of sp³-hybridized carbons (Fsp3) is 0.478. The van der Waals surface area contributed by atoms with Crippen molar-refractivity contribution in [2.45, 2.75) is 39.2 Å². The number of anilines is 1. The molecular weight excluding hydrogens is 489 g/mol. The Labute approximate surface area is 197 Å². The van der Waals surface area contributed by atoms with Crippen LogP contribution in [0.1, 0.15) is 37.3 Å². The zero-order valence-electron chi connectivity index (χ0n) is 18.1. The minimum Gasteiger partial charge on any atom is -0.497 e. The molecule has 1 saturated heterocycles. The molecule has 6 nitrogen and oxygen atoms in total. The van der Waals surface area contributed by atoms with E-state index in [4.69, 9.17) is 9.73 Å². The van der Waals surface area contributed by atoms with Gasteiger partial charge in [0.05, 0.1) is 13.7 Å². The molecule has 0 radical (unpaired) electrons. The standard InChI is InChI=1S/C23H33N5O.HI/c1-3-24-23(26-14-11-19-7-9-21(29-2)10-8-19)27-18-20-12-13-25-22(17-20)28-15-5-4-6-16-28;/h7-10,12-13,17H,3-6,11,14-16,18H2,1-2H3,(H2,24,26,27);1H. The predicted molar refractivity (Wildman–Crippen MR) is 135 cm³/mol. The summed E-state index contributed by atoms with van der Waals surface area (Å²) in [5.41, 5.74) is 2.46. The van der Waals surface area contributed by atoms with Crippen LogP contribution in [0.3, 0.4) is 0 Å². The van der Waals surface area contributed by atoms with E-state index in [-0.39, 0.29) is 24.0 Å². The molecule has 0 aliphatic carbocycles. The van der Waals surface area contributed by atoms with E-state index in [1.807, 2.05) is 18.3 Å². The SMILES string of the molecule is CCNC(=NCc1ccnc(N2CCCCC2)c1)NCCc1ccc(OC)cc1.I. The number of aliphatic imine (C=N–C) groups is 1. The van der Waals surface area contributed by atoms with Gasteiger partial charge in [-0.1, -0.05) is 12.1 Å². The van der Waals surface area contributed by atoms with Crippen LogP contribution in [0, 0.1) is 0 Å². The molecule has 0 amide bonds. The van der Waals surface area contributed by atoms with Crippen molar-refractivity contribution >= 4 is 35.8 Å². The molecule has 1 aliphatic rings. The number of rotatable bonds is 8. The lowest BCUT2D eigenvalue weighted by molar-refractivity contribution is 0.414. The van der Waals surface area contributed by atoms with E-state index >= 15 is 0 Å².